The first-order valence-electron chi connectivity index (χ1n) is 13.2. The molecule has 1 amide bonds. The number of hydrogen-bond acceptors (Lipinski definition) is 4. The molecule has 194 valence electrons. The van der Waals surface area contributed by atoms with E-state index in [1.165, 1.54) is 5.56 Å². The predicted octanol–water partition coefficient (Wildman–Crippen LogP) is 6.67. The lowest BCUT2D eigenvalue weighted by Crippen LogP contribution is -2.32. The van der Waals surface area contributed by atoms with Crippen molar-refractivity contribution in [2.75, 3.05) is 13.2 Å². The van der Waals surface area contributed by atoms with Crippen molar-refractivity contribution < 1.29 is 14.3 Å². The molecule has 0 fully saturated rings. The highest BCUT2D eigenvalue weighted by Gasteiger charge is 2.18. The van der Waals surface area contributed by atoms with E-state index in [4.69, 9.17) is 14.5 Å². The number of hydrogen-bond donors (Lipinski definition) is 1. The van der Waals surface area contributed by atoms with E-state index in [1.807, 2.05) is 55.5 Å². The van der Waals surface area contributed by atoms with E-state index < -0.39 is 0 Å². The second-order valence-corrected chi connectivity index (χ2v) is 9.44. The van der Waals surface area contributed by atoms with Gasteiger partial charge in [-0.15, -0.1) is 0 Å². The van der Waals surface area contributed by atoms with Gasteiger partial charge < -0.3 is 19.4 Å². The topological polar surface area (TPSA) is 65.4 Å². The number of rotatable bonds is 13. The predicted molar refractivity (Wildman–Crippen MR) is 148 cm³/mol. The number of carbonyl (C=O) groups is 1. The Labute approximate surface area is 219 Å². The summed E-state index contributed by atoms with van der Waals surface area (Å²) in [6.07, 6.45) is 3.00. The van der Waals surface area contributed by atoms with Gasteiger partial charge in [-0.25, -0.2) is 4.98 Å². The molecule has 1 heterocycles. The minimum atomic E-state index is -0.250. The van der Waals surface area contributed by atoms with Crippen molar-refractivity contribution in [1.29, 1.82) is 0 Å². The third kappa shape index (κ3) is 7.13. The Bertz CT molecular complexity index is 1270. The second-order valence-electron chi connectivity index (χ2n) is 9.44. The van der Waals surface area contributed by atoms with Gasteiger partial charge in [-0.2, -0.15) is 0 Å². The second kappa shape index (κ2) is 12.9. The molecule has 4 rings (SSSR count). The first-order chi connectivity index (χ1) is 18.0. The fourth-order valence-corrected chi connectivity index (χ4v) is 4.36. The number of benzene rings is 3. The number of aryl methyl sites for hydroxylation is 1. The summed E-state index contributed by atoms with van der Waals surface area (Å²) in [5, 5.41) is 3.04. The lowest BCUT2D eigenvalue weighted by molar-refractivity contribution is -0.123. The van der Waals surface area contributed by atoms with Gasteiger partial charge in [0.25, 0.3) is 5.91 Å². The molecule has 37 heavy (non-hydrogen) atoms. The standard InChI is InChI=1S/C31H37N3O3/c1-4-23(2)25-16-18-27(19-17-25)36-21-11-10-20-34-29-15-9-8-14-28(29)33-31(34)24(3)32-30(35)22-37-26-12-6-5-7-13-26/h5-9,12-19,23-24H,4,10-11,20-22H2,1-3H3,(H,32,35). The maximum absolute atomic E-state index is 12.5. The molecule has 1 aromatic heterocycles. The Morgan fingerprint density at radius 3 is 2.35 bits per heavy atom. The molecule has 6 nitrogen and oxygen atoms in total. The van der Waals surface area contributed by atoms with E-state index in [9.17, 15) is 4.79 Å². The number of nitrogens with zero attached hydrogens (tertiary/aromatic N) is 2. The fraction of sp³-hybridized carbons (Fsp3) is 0.355. The number of nitrogens with one attached hydrogen (secondary N) is 1. The van der Waals surface area contributed by atoms with Crippen LogP contribution in [0.4, 0.5) is 0 Å². The summed E-state index contributed by atoms with van der Waals surface area (Å²) in [6.45, 7) is 7.84. The SMILES string of the molecule is CCC(C)c1ccc(OCCCCn2c(C(C)NC(=O)COc3ccccc3)nc3ccccc32)cc1. The van der Waals surface area contributed by atoms with Crippen LogP contribution in [-0.4, -0.2) is 28.7 Å². The molecule has 2 atom stereocenters. The van der Waals surface area contributed by atoms with Crippen LogP contribution < -0.4 is 14.8 Å². The maximum atomic E-state index is 12.5. The summed E-state index contributed by atoms with van der Waals surface area (Å²) in [6, 6.07) is 25.6. The summed E-state index contributed by atoms with van der Waals surface area (Å²) < 4.78 is 13.8. The highest BCUT2D eigenvalue weighted by atomic mass is 16.5. The van der Waals surface area contributed by atoms with Crippen LogP contribution >= 0.6 is 0 Å². The van der Waals surface area contributed by atoms with E-state index >= 15 is 0 Å². The fourth-order valence-electron chi connectivity index (χ4n) is 4.36. The van der Waals surface area contributed by atoms with Crippen molar-refractivity contribution in [3.05, 3.63) is 90.3 Å². The van der Waals surface area contributed by atoms with Crippen LogP contribution in [0, 0.1) is 0 Å². The molecule has 4 aromatic rings. The first kappa shape index (κ1) is 26.3. The Morgan fingerprint density at radius 1 is 0.892 bits per heavy atom. The Hall–Kier alpha value is -3.80. The zero-order chi connectivity index (χ0) is 26.0. The van der Waals surface area contributed by atoms with Gasteiger partial charge in [0.15, 0.2) is 6.61 Å². The molecular formula is C31H37N3O3. The van der Waals surface area contributed by atoms with Crippen molar-refractivity contribution in [2.45, 2.75) is 58.5 Å². The van der Waals surface area contributed by atoms with Gasteiger partial charge in [0.2, 0.25) is 0 Å². The minimum absolute atomic E-state index is 0.0374. The van der Waals surface area contributed by atoms with Crippen molar-refractivity contribution in [1.82, 2.24) is 14.9 Å². The van der Waals surface area contributed by atoms with Crippen molar-refractivity contribution in [3.8, 4) is 11.5 Å². The normalized spacial score (nSPS) is 12.7. The van der Waals surface area contributed by atoms with Gasteiger partial charge in [0.05, 0.1) is 23.7 Å². The first-order valence-corrected chi connectivity index (χ1v) is 13.2. The molecule has 0 saturated carbocycles. The minimum Gasteiger partial charge on any atom is -0.494 e. The number of ether oxygens (including phenoxy) is 2. The number of para-hydroxylation sites is 3. The molecular weight excluding hydrogens is 462 g/mol. The number of imidazole rings is 1. The number of fused-ring (bicyclic) bond motifs is 1. The van der Waals surface area contributed by atoms with Crippen molar-refractivity contribution in [3.63, 3.8) is 0 Å². The number of aromatic nitrogens is 2. The molecule has 3 aromatic carbocycles. The summed E-state index contributed by atoms with van der Waals surface area (Å²) >= 11 is 0. The van der Waals surface area contributed by atoms with E-state index in [0.29, 0.717) is 18.3 Å². The lowest BCUT2D eigenvalue weighted by Gasteiger charge is -2.17. The lowest BCUT2D eigenvalue weighted by atomic mass is 9.99. The molecule has 0 spiro atoms. The average Bonchev–Trinajstić information content (AvgIpc) is 3.31. The van der Waals surface area contributed by atoms with Gasteiger partial charge in [-0.1, -0.05) is 56.3 Å². The molecule has 0 radical (unpaired) electrons. The molecule has 0 aliphatic rings. The zero-order valence-electron chi connectivity index (χ0n) is 22.0. The quantitative estimate of drug-likeness (QED) is 0.209. The highest BCUT2D eigenvalue weighted by molar-refractivity contribution is 5.79. The van der Waals surface area contributed by atoms with E-state index in [1.54, 1.807) is 0 Å². The average molecular weight is 500 g/mol. The summed E-state index contributed by atoms with van der Waals surface area (Å²) in [5.41, 5.74) is 3.35. The van der Waals surface area contributed by atoms with E-state index in [-0.39, 0.29) is 18.6 Å². The van der Waals surface area contributed by atoms with Gasteiger partial charge in [0, 0.05) is 6.54 Å². The van der Waals surface area contributed by atoms with Crippen LogP contribution in [0.15, 0.2) is 78.9 Å². The van der Waals surface area contributed by atoms with Crippen molar-refractivity contribution >= 4 is 16.9 Å². The summed E-state index contributed by atoms with van der Waals surface area (Å²) in [5.74, 6) is 2.82. The summed E-state index contributed by atoms with van der Waals surface area (Å²) in [4.78, 5) is 17.4. The van der Waals surface area contributed by atoms with Crippen LogP contribution in [0.25, 0.3) is 11.0 Å². The summed E-state index contributed by atoms with van der Waals surface area (Å²) in [7, 11) is 0. The van der Waals surface area contributed by atoms with Crippen LogP contribution in [0.2, 0.25) is 0 Å². The maximum Gasteiger partial charge on any atom is 0.258 e. The smallest absolute Gasteiger partial charge is 0.258 e. The van der Waals surface area contributed by atoms with Crippen molar-refractivity contribution in [2.24, 2.45) is 0 Å². The zero-order valence-corrected chi connectivity index (χ0v) is 22.0. The Morgan fingerprint density at radius 2 is 1.59 bits per heavy atom. The third-order valence-corrected chi connectivity index (χ3v) is 6.67. The van der Waals surface area contributed by atoms with E-state index in [0.717, 1.165) is 48.4 Å². The highest BCUT2D eigenvalue weighted by Crippen LogP contribution is 2.23. The molecule has 2 unspecified atom stereocenters. The van der Waals surface area contributed by atoms with Gasteiger partial charge in [-0.05, 0) is 74.1 Å². The molecule has 1 N–H and O–H groups in total. The monoisotopic (exact) mass is 499 g/mol. The Balaban J connectivity index is 1.32. The third-order valence-electron chi connectivity index (χ3n) is 6.67. The van der Waals surface area contributed by atoms with Crippen LogP contribution in [0.1, 0.15) is 63.4 Å². The molecule has 0 aliphatic carbocycles. The molecule has 0 bridgehead atoms. The largest absolute Gasteiger partial charge is 0.494 e. The van der Waals surface area contributed by atoms with Crippen LogP contribution in [0.5, 0.6) is 11.5 Å². The van der Waals surface area contributed by atoms with Crippen LogP contribution in [-0.2, 0) is 11.3 Å². The number of carbonyl (C=O) groups excluding carboxylic acids is 1. The molecule has 0 aliphatic heterocycles. The van der Waals surface area contributed by atoms with Gasteiger partial charge >= 0.3 is 0 Å². The van der Waals surface area contributed by atoms with Gasteiger partial charge in [-0.3, -0.25) is 4.79 Å². The van der Waals surface area contributed by atoms with E-state index in [2.05, 4.69) is 54.1 Å². The molecule has 6 heteroatoms. The molecule has 0 saturated heterocycles. The van der Waals surface area contributed by atoms with Gasteiger partial charge in [0.1, 0.15) is 17.3 Å². The Kier molecular flexibility index (Phi) is 9.19. The van der Waals surface area contributed by atoms with Crippen LogP contribution in [0.3, 0.4) is 0 Å². The number of amides is 1. The number of unbranched alkanes of at least 4 members (excludes halogenated alkanes) is 1.